The highest BCUT2D eigenvalue weighted by atomic mass is 32.1. The zero-order chi connectivity index (χ0) is 17.3. The molecule has 0 aliphatic heterocycles. The lowest BCUT2D eigenvalue weighted by molar-refractivity contribution is -0.137. The first-order valence-electron chi connectivity index (χ1n) is 7.25. The summed E-state index contributed by atoms with van der Waals surface area (Å²) in [6.45, 7) is 3.48. The standard InChI is InChI=1S/C16H15N3O4S/c1-8-6-10(14-9(2)19-23-16(14)17-8)15(22)18-11(7-13(20)21)12-4-3-5-24-12/h3-6,11H,7H2,1-2H3,(H,18,22)(H,20,21)/t11-/m1/s1. The fourth-order valence-electron chi connectivity index (χ4n) is 2.52. The molecule has 0 spiro atoms. The smallest absolute Gasteiger partial charge is 0.305 e. The Labute approximate surface area is 141 Å². The third-order valence-electron chi connectivity index (χ3n) is 3.56. The number of rotatable bonds is 5. The molecular formula is C16H15N3O4S. The molecular weight excluding hydrogens is 330 g/mol. The Morgan fingerprint density at radius 3 is 2.88 bits per heavy atom. The minimum Gasteiger partial charge on any atom is -0.481 e. The first-order chi connectivity index (χ1) is 11.5. The van der Waals surface area contributed by atoms with E-state index in [2.05, 4.69) is 15.5 Å². The molecule has 0 unspecified atom stereocenters. The van der Waals surface area contributed by atoms with Crippen molar-refractivity contribution < 1.29 is 19.2 Å². The second-order valence-electron chi connectivity index (χ2n) is 5.40. The number of carbonyl (C=O) groups excluding carboxylic acids is 1. The van der Waals surface area contributed by atoms with Gasteiger partial charge in [-0.25, -0.2) is 4.98 Å². The predicted molar refractivity (Wildman–Crippen MR) is 88.1 cm³/mol. The van der Waals surface area contributed by atoms with Gasteiger partial charge in [0.05, 0.1) is 29.1 Å². The van der Waals surface area contributed by atoms with Crippen LogP contribution in [-0.2, 0) is 4.79 Å². The molecule has 0 aromatic carbocycles. The Morgan fingerprint density at radius 1 is 1.42 bits per heavy atom. The number of carboxylic acids is 1. The molecule has 3 aromatic rings. The molecule has 3 aromatic heterocycles. The molecule has 0 aliphatic rings. The van der Waals surface area contributed by atoms with E-state index in [1.807, 2.05) is 11.4 Å². The molecule has 8 heteroatoms. The van der Waals surface area contributed by atoms with Crippen LogP contribution in [0, 0.1) is 13.8 Å². The number of nitrogens with zero attached hydrogens (tertiary/aromatic N) is 2. The summed E-state index contributed by atoms with van der Waals surface area (Å²) in [5.41, 5.74) is 1.86. The molecule has 2 N–H and O–H groups in total. The van der Waals surface area contributed by atoms with E-state index in [1.165, 1.54) is 11.3 Å². The van der Waals surface area contributed by atoms with Crippen molar-refractivity contribution in [3.8, 4) is 0 Å². The minimum atomic E-state index is -0.981. The van der Waals surface area contributed by atoms with E-state index in [4.69, 9.17) is 9.63 Å². The molecule has 3 rings (SSSR count). The zero-order valence-electron chi connectivity index (χ0n) is 13.1. The number of pyridine rings is 1. The highest BCUT2D eigenvalue weighted by molar-refractivity contribution is 7.10. The third kappa shape index (κ3) is 3.13. The molecule has 124 valence electrons. The largest absolute Gasteiger partial charge is 0.481 e. The van der Waals surface area contributed by atoms with Gasteiger partial charge in [-0.1, -0.05) is 11.2 Å². The van der Waals surface area contributed by atoms with Crippen molar-refractivity contribution in [1.29, 1.82) is 0 Å². The number of fused-ring (bicyclic) bond motifs is 1. The maximum Gasteiger partial charge on any atom is 0.305 e. The first kappa shape index (κ1) is 16.1. The van der Waals surface area contributed by atoms with Crippen LogP contribution in [0.15, 0.2) is 28.1 Å². The molecule has 3 heterocycles. The SMILES string of the molecule is Cc1cc(C(=O)N[C@H](CC(=O)O)c2cccs2)c2c(C)noc2n1. The van der Waals surface area contributed by atoms with Gasteiger partial charge < -0.3 is 14.9 Å². The number of carbonyl (C=O) groups is 2. The van der Waals surface area contributed by atoms with E-state index in [0.29, 0.717) is 28.1 Å². The maximum absolute atomic E-state index is 12.8. The summed E-state index contributed by atoms with van der Waals surface area (Å²) in [5, 5.41) is 18.1. The Morgan fingerprint density at radius 2 is 2.21 bits per heavy atom. The van der Waals surface area contributed by atoms with Gasteiger partial charge in [0, 0.05) is 10.6 Å². The van der Waals surface area contributed by atoms with Gasteiger partial charge in [-0.3, -0.25) is 9.59 Å². The number of hydrogen-bond acceptors (Lipinski definition) is 6. The molecule has 0 radical (unpaired) electrons. The lowest BCUT2D eigenvalue weighted by Crippen LogP contribution is -2.30. The minimum absolute atomic E-state index is 0.192. The third-order valence-corrected chi connectivity index (χ3v) is 4.55. The van der Waals surface area contributed by atoms with Crippen LogP contribution in [0.25, 0.3) is 11.1 Å². The monoisotopic (exact) mass is 345 g/mol. The first-order valence-corrected chi connectivity index (χ1v) is 8.13. The number of thiophene rings is 1. The molecule has 0 bridgehead atoms. The molecule has 0 saturated heterocycles. The lowest BCUT2D eigenvalue weighted by Gasteiger charge is -2.16. The Bertz CT molecular complexity index is 902. The van der Waals surface area contributed by atoms with E-state index in [-0.39, 0.29) is 12.3 Å². The van der Waals surface area contributed by atoms with E-state index in [1.54, 1.807) is 26.0 Å². The van der Waals surface area contributed by atoms with Crippen LogP contribution in [0.2, 0.25) is 0 Å². The Kier molecular flexibility index (Phi) is 4.30. The van der Waals surface area contributed by atoms with Crippen LogP contribution in [0.5, 0.6) is 0 Å². The maximum atomic E-state index is 12.8. The summed E-state index contributed by atoms with van der Waals surface area (Å²) >= 11 is 1.40. The van der Waals surface area contributed by atoms with Gasteiger partial charge in [-0.15, -0.1) is 11.3 Å². The predicted octanol–water partition coefficient (Wildman–Crippen LogP) is 2.85. The summed E-state index contributed by atoms with van der Waals surface area (Å²) in [4.78, 5) is 28.9. The van der Waals surface area contributed by atoms with E-state index in [0.717, 1.165) is 4.88 Å². The van der Waals surface area contributed by atoms with Gasteiger partial charge >= 0.3 is 5.97 Å². The second kappa shape index (κ2) is 6.40. The average Bonchev–Trinajstić information content (AvgIpc) is 3.15. The van der Waals surface area contributed by atoms with Crippen LogP contribution in [0.4, 0.5) is 0 Å². The van der Waals surface area contributed by atoms with Gasteiger partial charge in [0.2, 0.25) is 0 Å². The summed E-state index contributed by atoms with van der Waals surface area (Å²) in [6, 6.07) is 4.67. The number of amides is 1. The van der Waals surface area contributed by atoms with Crippen LogP contribution in [0.3, 0.4) is 0 Å². The Hall–Kier alpha value is -2.74. The highest BCUT2D eigenvalue weighted by Crippen LogP contribution is 2.25. The number of nitrogens with one attached hydrogen (secondary N) is 1. The lowest BCUT2D eigenvalue weighted by atomic mass is 10.1. The molecule has 7 nitrogen and oxygen atoms in total. The van der Waals surface area contributed by atoms with Crippen LogP contribution >= 0.6 is 11.3 Å². The van der Waals surface area contributed by atoms with Gasteiger partial charge in [0.1, 0.15) is 0 Å². The molecule has 1 amide bonds. The topological polar surface area (TPSA) is 105 Å². The summed E-state index contributed by atoms with van der Waals surface area (Å²) in [7, 11) is 0. The summed E-state index contributed by atoms with van der Waals surface area (Å²) in [5.74, 6) is -1.36. The second-order valence-corrected chi connectivity index (χ2v) is 6.38. The number of aromatic nitrogens is 2. The van der Waals surface area contributed by atoms with Crippen molar-refractivity contribution >= 4 is 34.3 Å². The number of carboxylic acid groups (broad SMARTS) is 1. The van der Waals surface area contributed by atoms with Crippen molar-refractivity contribution in [1.82, 2.24) is 15.5 Å². The fourth-order valence-corrected chi connectivity index (χ4v) is 3.30. The average molecular weight is 345 g/mol. The molecule has 0 saturated carbocycles. The quantitative estimate of drug-likeness (QED) is 0.736. The van der Waals surface area contributed by atoms with E-state index >= 15 is 0 Å². The van der Waals surface area contributed by atoms with Crippen molar-refractivity contribution in [2.75, 3.05) is 0 Å². The molecule has 1 atom stereocenters. The van der Waals surface area contributed by atoms with Crippen molar-refractivity contribution in [2.45, 2.75) is 26.3 Å². The number of aliphatic carboxylic acids is 1. The summed E-state index contributed by atoms with van der Waals surface area (Å²) in [6.07, 6.45) is -0.192. The zero-order valence-corrected chi connectivity index (χ0v) is 13.9. The molecule has 0 aliphatic carbocycles. The van der Waals surface area contributed by atoms with Crippen LogP contribution in [0.1, 0.15) is 39.1 Å². The highest BCUT2D eigenvalue weighted by Gasteiger charge is 2.23. The normalized spacial score (nSPS) is 12.2. The van der Waals surface area contributed by atoms with Crippen molar-refractivity contribution in [2.24, 2.45) is 0 Å². The Balaban J connectivity index is 1.96. The van der Waals surface area contributed by atoms with Crippen molar-refractivity contribution in [3.63, 3.8) is 0 Å². The molecule has 0 fully saturated rings. The van der Waals surface area contributed by atoms with Crippen molar-refractivity contribution in [3.05, 3.63) is 45.4 Å². The van der Waals surface area contributed by atoms with Gasteiger partial charge in [0.15, 0.2) is 0 Å². The number of aryl methyl sites for hydroxylation is 2. The summed E-state index contributed by atoms with van der Waals surface area (Å²) < 4.78 is 5.13. The van der Waals surface area contributed by atoms with E-state index in [9.17, 15) is 9.59 Å². The molecule has 24 heavy (non-hydrogen) atoms. The van der Waals surface area contributed by atoms with Gasteiger partial charge in [-0.05, 0) is 31.4 Å². The van der Waals surface area contributed by atoms with Gasteiger partial charge in [-0.2, -0.15) is 0 Å². The van der Waals surface area contributed by atoms with Gasteiger partial charge in [0.25, 0.3) is 11.6 Å². The fraction of sp³-hybridized carbons (Fsp3) is 0.250. The van der Waals surface area contributed by atoms with Crippen LogP contribution in [-0.4, -0.2) is 27.1 Å². The number of hydrogen-bond donors (Lipinski definition) is 2. The van der Waals surface area contributed by atoms with Crippen LogP contribution < -0.4 is 5.32 Å². The van der Waals surface area contributed by atoms with E-state index < -0.39 is 12.0 Å².